The minimum absolute atomic E-state index is 0.217. The number of hydrogen-bond donors (Lipinski definition) is 4. The second kappa shape index (κ2) is 19.6. The van der Waals surface area contributed by atoms with Crippen molar-refractivity contribution in [3.63, 3.8) is 0 Å². The van der Waals surface area contributed by atoms with Crippen molar-refractivity contribution in [2.24, 2.45) is 0 Å². The standard InChI is InChI=1S/C24H45N3O5/c1-4-5-6-7-8-9-10-11-12-13-14-15-16-17-21(28)26-19(2)23(31)27-20(18-22(29)30)24(32)25-3/h19-20H,4-18H2,1-3H3,(H,25,32)(H,26,28)(H,27,31)(H,29,30)/t19-,20-/m0/s1. The number of amides is 3. The van der Waals surface area contributed by atoms with E-state index in [1.165, 1.54) is 78.2 Å². The van der Waals surface area contributed by atoms with E-state index in [0.717, 1.165) is 19.3 Å². The quantitative estimate of drug-likeness (QED) is 0.208. The molecule has 0 aromatic heterocycles. The summed E-state index contributed by atoms with van der Waals surface area (Å²) in [7, 11) is 1.37. The molecule has 0 aliphatic rings. The van der Waals surface area contributed by atoms with Gasteiger partial charge in [0, 0.05) is 13.5 Å². The van der Waals surface area contributed by atoms with E-state index in [1.807, 2.05) is 0 Å². The summed E-state index contributed by atoms with van der Waals surface area (Å²) in [4.78, 5) is 46.8. The molecule has 0 aromatic carbocycles. The van der Waals surface area contributed by atoms with Crippen LogP contribution in [0.1, 0.15) is 110 Å². The summed E-state index contributed by atoms with van der Waals surface area (Å²) in [6.07, 6.45) is 15.9. The molecule has 0 spiro atoms. The Bertz CT molecular complexity index is 554. The van der Waals surface area contributed by atoms with E-state index in [2.05, 4.69) is 22.9 Å². The number of nitrogens with one attached hydrogen (secondary N) is 3. The van der Waals surface area contributed by atoms with Crippen molar-refractivity contribution in [2.75, 3.05) is 7.05 Å². The van der Waals surface area contributed by atoms with Crippen LogP contribution >= 0.6 is 0 Å². The third-order valence-corrected chi connectivity index (χ3v) is 5.54. The van der Waals surface area contributed by atoms with Gasteiger partial charge in [0.05, 0.1) is 6.42 Å². The molecule has 186 valence electrons. The zero-order valence-electron chi connectivity index (χ0n) is 20.3. The predicted octanol–water partition coefficient (Wildman–Crippen LogP) is 3.68. The summed E-state index contributed by atoms with van der Waals surface area (Å²) in [5.74, 6) is -2.59. The van der Waals surface area contributed by atoms with Crippen molar-refractivity contribution in [3.8, 4) is 0 Å². The highest BCUT2D eigenvalue weighted by Gasteiger charge is 2.25. The lowest BCUT2D eigenvalue weighted by Gasteiger charge is -2.19. The van der Waals surface area contributed by atoms with E-state index in [0.29, 0.717) is 6.42 Å². The van der Waals surface area contributed by atoms with E-state index in [9.17, 15) is 19.2 Å². The second-order valence-electron chi connectivity index (χ2n) is 8.56. The normalized spacial score (nSPS) is 12.6. The first-order chi connectivity index (χ1) is 15.3. The van der Waals surface area contributed by atoms with Gasteiger partial charge in [-0.25, -0.2) is 0 Å². The Morgan fingerprint density at radius 3 is 1.62 bits per heavy atom. The first-order valence-corrected chi connectivity index (χ1v) is 12.3. The molecule has 0 unspecified atom stereocenters. The molecule has 0 saturated heterocycles. The molecule has 3 amide bonds. The topological polar surface area (TPSA) is 125 Å². The number of aliphatic carboxylic acids is 1. The Kier molecular flexibility index (Phi) is 18.3. The molecule has 32 heavy (non-hydrogen) atoms. The number of hydrogen-bond acceptors (Lipinski definition) is 4. The Morgan fingerprint density at radius 2 is 1.19 bits per heavy atom. The number of likely N-dealkylation sites (N-methyl/N-ethyl adjacent to an activating group) is 1. The maximum Gasteiger partial charge on any atom is 0.305 e. The van der Waals surface area contributed by atoms with Crippen LogP contribution in [0.5, 0.6) is 0 Å². The maximum atomic E-state index is 12.2. The Balaban J connectivity index is 3.83. The first-order valence-electron chi connectivity index (χ1n) is 12.3. The monoisotopic (exact) mass is 455 g/mol. The number of carboxylic acids is 1. The van der Waals surface area contributed by atoms with Crippen molar-refractivity contribution in [1.29, 1.82) is 0 Å². The van der Waals surface area contributed by atoms with E-state index in [4.69, 9.17) is 5.11 Å². The van der Waals surface area contributed by atoms with Gasteiger partial charge in [0.2, 0.25) is 17.7 Å². The summed E-state index contributed by atoms with van der Waals surface area (Å²) >= 11 is 0. The molecular formula is C24H45N3O5. The van der Waals surface area contributed by atoms with Crippen LogP contribution in [0, 0.1) is 0 Å². The van der Waals surface area contributed by atoms with E-state index in [-0.39, 0.29) is 5.91 Å². The lowest BCUT2D eigenvalue weighted by atomic mass is 10.0. The van der Waals surface area contributed by atoms with Gasteiger partial charge in [0.15, 0.2) is 0 Å². The minimum Gasteiger partial charge on any atom is -0.481 e. The fourth-order valence-electron chi connectivity index (χ4n) is 3.54. The number of rotatable bonds is 20. The summed E-state index contributed by atoms with van der Waals surface area (Å²) in [6, 6.07) is -2.02. The lowest BCUT2D eigenvalue weighted by Crippen LogP contribution is -2.53. The Morgan fingerprint density at radius 1 is 0.719 bits per heavy atom. The molecule has 0 saturated carbocycles. The second-order valence-corrected chi connectivity index (χ2v) is 8.56. The highest BCUT2D eigenvalue weighted by Crippen LogP contribution is 2.13. The van der Waals surface area contributed by atoms with Gasteiger partial charge in [-0.1, -0.05) is 84.0 Å². The van der Waals surface area contributed by atoms with Gasteiger partial charge in [-0.05, 0) is 13.3 Å². The average molecular weight is 456 g/mol. The Labute approximate surface area is 193 Å². The average Bonchev–Trinajstić information content (AvgIpc) is 2.75. The fraction of sp³-hybridized carbons (Fsp3) is 0.833. The molecule has 8 heteroatoms. The van der Waals surface area contributed by atoms with Crippen LogP contribution in [0.4, 0.5) is 0 Å². The predicted molar refractivity (Wildman–Crippen MR) is 126 cm³/mol. The number of carboxylic acid groups (broad SMARTS) is 1. The number of carbonyl (C=O) groups is 4. The number of carbonyl (C=O) groups excluding carboxylic acids is 3. The van der Waals surface area contributed by atoms with Gasteiger partial charge in [0.25, 0.3) is 0 Å². The molecule has 2 atom stereocenters. The van der Waals surface area contributed by atoms with E-state index < -0.39 is 36.3 Å². The highest BCUT2D eigenvalue weighted by atomic mass is 16.4. The molecule has 4 N–H and O–H groups in total. The molecule has 0 aliphatic carbocycles. The SMILES string of the molecule is CCCCCCCCCCCCCCCC(=O)N[C@@H](C)C(=O)N[C@@H](CC(=O)O)C(=O)NC. The first kappa shape index (κ1) is 29.9. The molecule has 0 radical (unpaired) electrons. The summed E-state index contributed by atoms with van der Waals surface area (Å²) in [5, 5.41) is 16.2. The van der Waals surface area contributed by atoms with Crippen molar-refractivity contribution in [1.82, 2.24) is 16.0 Å². The molecule has 0 rings (SSSR count). The van der Waals surface area contributed by atoms with Crippen LogP contribution in [0.15, 0.2) is 0 Å². The lowest BCUT2D eigenvalue weighted by molar-refractivity contribution is -0.141. The van der Waals surface area contributed by atoms with Crippen molar-refractivity contribution >= 4 is 23.7 Å². The van der Waals surface area contributed by atoms with Crippen LogP contribution in [0.25, 0.3) is 0 Å². The van der Waals surface area contributed by atoms with Crippen LogP contribution in [0.3, 0.4) is 0 Å². The van der Waals surface area contributed by atoms with Crippen LogP contribution in [-0.2, 0) is 19.2 Å². The van der Waals surface area contributed by atoms with E-state index >= 15 is 0 Å². The van der Waals surface area contributed by atoms with Crippen LogP contribution in [-0.4, -0.2) is 47.9 Å². The Hall–Kier alpha value is -2.12. The van der Waals surface area contributed by atoms with Crippen LogP contribution < -0.4 is 16.0 Å². The van der Waals surface area contributed by atoms with Gasteiger partial charge < -0.3 is 21.1 Å². The van der Waals surface area contributed by atoms with Crippen molar-refractivity contribution in [2.45, 2.75) is 122 Å². The zero-order valence-corrected chi connectivity index (χ0v) is 20.3. The van der Waals surface area contributed by atoms with Gasteiger partial charge in [-0.3, -0.25) is 19.2 Å². The molecule has 0 fully saturated rings. The van der Waals surface area contributed by atoms with Crippen LogP contribution in [0.2, 0.25) is 0 Å². The van der Waals surface area contributed by atoms with Gasteiger partial charge in [0.1, 0.15) is 12.1 Å². The van der Waals surface area contributed by atoms with Gasteiger partial charge in [-0.15, -0.1) is 0 Å². The van der Waals surface area contributed by atoms with Gasteiger partial charge >= 0.3 is 5.97 Å². The minimum atomic E-state index is -1.20. The molecule has 0 heterocycles. The van der Waals surface area contributed by atoms with Crippen molar-refractivity contribution < 1.29 is 24.3 Å². The molecule has 8 nitrogen and oxygen atoms in total. The van der Waals surface area contributed by atoms with Crippen molar-refractivity contribution in [3.05, 3.63) is 0 Å². The summed E-state index contributed by atoms with van der Waals surface area (Å²) < 4.78 is 0. The molecule has 0 aliphatic heterocycles. The number of unbranched alkanes of at least 4 members (excludes halogenated alkanes) is 12. The third-order valence-electron chi connectivity index (χ3n) is 5.54. The van der Waals surface area contributed by atoms with Gasteiger partial charge in [-0.2, -0.15) is 0 Å². The summed E-state index contributed by atoms with van der Waals surface area (Å²) in [5.41, 5.74) is 0. The highest BCUT2D eigenvalue weighted by molar-refractivity contribution is 5.93. The molecule has 0 bridgehead atoms. The largest absolute Gasteiger partial charge is 0.481 e. The smallest absolute Gasteiger partial charge is 0.305 e. The van der Waals surface area contributed by atoms with E-state index in [1.54, 1.807) is 0 Å². The zero-order chi connectivity index (χ0) is 24.2. The summed E-state index contributed by atoms with van der Waals surface area (Å²) in [6.45, 7) is 3.75. The maximum absolute atomic E-state index is 12.2. The molecular weight excluding hydrogens is 410 g/mol. The third kappa shape index (κ3) is 16.6. The fourth-order valence-corrected chi connectivity index (χ4v) is 3.54. The molecule has 0 aromatic rings.